The molecule has 8 nitrogen and oxygen atoms in total. The Morgan fingerprint density at radius 1 is 1.33 bits per heavy atom. The first-order valence-corrected chi connectivity index (χ1v) is 9.18. The third-order valence-corrected chi connectivity index (χ3v) is 4.45. The Balaban J connectivity index is 1.92. The Kier molecular flexibility index (Phi) is 5.92. The van der Waals surface area contributed by atoms with E-state index in [1.54, 1.807) is 18.5 Å². The molecule has 0 unspecified atom stereocenters. The Morgan fingerprint density at radius 2 is 2.11 bits per heavy atom. The van der Waals surface area contributed by atoms with Gasteiger partial charge in [0.2, 0.25) is 5.16 Å². The number of carboxylic acid groups (broad SMARTS) is 1. The van der Waals surface area contributed by atoms with Crippen molar-refractivity contribution < 1.29 is 19.1 Å². The number of carbonyl (C=O) groups is 1. The highest BCUT2D eigenvalue weighted by atomic mass is 32.2. The average molecular weight is 386 g/mol. The van der Waals surface area contributed by atoms with E-state index >= 15 is 0 Å². The minimum Gasteiger partial charge on any atom is -0.494 e. The van der Waals surface area contributed by atoms with Gasteiger partial charge in [-0.05, 0) is 49.7 Å². The van der Waals surface area contributed by atoms with Gasteiger partial charge in [0.1, 0.15) is 11.5 Å². The number of benzene rings is 1. The summed E-state index contributed by atoms with van der Waals surface area (Å²) in [6.07, 6.45) is 3.22. The summed E-state index contributed by atoms with van der Waals surface area (Å²) in [7, 11) is 0. The average Bonchev–Trinajstić information content (AvgIpc) is 3.25. The smallest absolute Gasteiger partial charge is 0.313 e. The SMILES string of the molecule is CCOc1ccc(/C=N\n2c(SCC(=O)O)nnc2-c2ccoc2C)cc1. The van der Waals surface area contributed by atoms with Crippen molar-refractivity contribution >= 4 is 23.9 Å². The van der Waals surface area contributed by atoms with E-state index in [1.165, 1.54) is 4.68 Å². The van der Waals surface area contributed by atoms with Gasteiger partial charge in [0.15, 0.2) is 5.82 Å². The largest absolute Gasteiger partial charge is 0.494 e. The second-order valence-corrected chi connectivity index (χ2v) is 6.38. The highest BCUT2D eigenvalue weighted by Crippen LogP contribution is 2.27. The Labute approximate surface area is 159 Å². The van der Waals surface area contributed by atoms with Gasteiger partial charge in [-0.1, -0.05) is 11.8 Å². The monoisotopic (exact) mass is 386 g/mol. The van der Waals surface area contributed by atoms with E-state index in [9.17, 15) is 4.79 Å². The zero-order valence-corrected chi connectivity index (χ0v) is 15.6. The van der Waals surface area contributed by atoms with Gasteiger partial charge in [-0.15, -0.1) is 10.2 Å². The molecule has 1 aromatic carbocycles. The maximum Gasteiger partial charge on any atom is 0.313 e. The number of ether oxygens (including phenoxy) is 1. The maximum atomic E-state index is 10.9. The third kappa shape index (κ3) is 4.56. The lowest BCUT2D eigenvalue weighted by Gasteiger charge is -2.04. The first-order valence-electron chi connectivity index (χ1n) is 8.20. The van der Waals surface area contributed by atoms with Gasteiger partial charge in [0, 0.05) is 0 Å². The summed E-state index contributed by atoms with van der Waals surface area (Å²) in [4.78, 5) is 10.9. The fourth-order valence-electron chi connectivity index (χ4n) is 2.31. The van der Waals surface area contributed by atoms with Gasteiger partial charge in [0.05, 0.1) is 30.4 Å². The van der Waals surface area contributed by atoms with Crippen LogP contribution in [0.2, 0.25) is 0 Å². The van der Waals surface area contributed by atoms with Crippen molar-refractivity contribution in [1.82, 2.24) is 14.9 Å². The van der Waals surface area contributed by atoms with Gasteiger partial charge in [0.25, 0.3) is 0 Å². The van der Waals surface area contributed by atoms with Crippen LogP contribution >= 0.6 is 11.8 Å². The standard InChI is InChI=1S/C18H18N4O4S/c1-3-25-14-6-4-13(5-7-14)10-19-22-17(15-8-9-26-12(15)2)20-21-18(22)27-11-16(23)24/h4-10H,3,11H2,1-2H3,(H,23,24)/b19-10-. The molecule has 27 heavy (non-hydrogen) atoms. The molecule has 0 saturated carbocycles. The molecule has 2 heterocycles. The van der Waals surface area contributed by atoms with Gasteiger partial charge in [-0.3, -0.25) is 4.79 Å². The van der Waals surface area contributed by atoms with Crippen molar-refractivity contribution in [3.8, 4) is 17.1 Å². The normalized spacial score (nSPS) is 11.2. The number of furan rings is 1. The number of aliphatic carboxylic acids is 1. The summed E-state index contributed by atoms with van der Waals surface area (Å²) >= 11 is 1.05. The topological polar surface area (TPSA) is 103 Å². The van der Waals surface area contributed by atoms with Crippen LogP contribution in [0.15, 0.2) is 51.3 Å². The highest BCUT2D eigenvalue weighted by molar-refractivity contribution is 7.99. The lowest BCUT2D eigenvalue weighted by molar-refractivity contribution is -0.133. The Morgan fingerprint density at radius 3 is 2.74 bits per heavy atom. The van der Waals surface area contributed by atoms with Crippen LogP contribution in [0.25, 0.3) is 11.4 Å². The second-order valence-electron chi connectivity index (χ2n) is 5.44. The molecule has 0 bridgehead atoms. The van der Waals surface area contributed by atoms with E-state index in [0.29, 0.717) is 23.3 Å². The maximum absolute atomic E-state index is 10.9. The molecule has 1 N–H and O–H groups in total. The lowest BCUT2D eigenvalue weighted by Crippen LogP contribution is -2.01. The number of aromatic nitrogens is 3. The minimum atomic E-state index is -0.939. The molecule has 0 aliphatic carbocycles. The summed E-state index contributed by atoms with van der Waals surface area (Å²) in [6.45, 7) is 4.34. The van der Waals surface area contributed by atoms with E-state index in [2.05, 4.69) is 15.3 Å². The van der Waals surface area contributed by atoms with Crippen molar-refractivity contribution in [2.75, 3.05) is 12.4 Å². The zero-order chi connectivity index (χ0) is 19.2. The Hall–Kier alpha value is -3.07. The summed E-state index contributed by atoms with van der Waals surface area (Å²) in [5.41, 5.74) is 1.60. The van der Waals surface area contributed by atoms with Crippen LogP contribution in [0.3, 0.4) is 0 Å². The number of thioether (sulfide) groups is 1. The second kappa shape index (κ2) is 8.54. The molecule has 0 atom stereocenters. The van der Waals surface area contributed by atoms with Crippen molar-refractivity contribution in [3.63, 3.8) is 0 Å². The summed E-state index contributed by atoms with van der Waals surface area (Å²) < 4.78 is 12.3. The number of carboxylic acids is 1. The molecule has 3 rings (SSSR count). The quantitative estimate of drug-likeness (QED) is 0.468. The molecular weight excluding hydrogens is 368 g/mol. The Bertz CT molecular complexity index is 947. The first-order chi connectivity index (χ1) is 13.1. The van der Waals surface area contributed by atoms with Gasteiger partial charge < -0.3 is 14.3 Å². The number of hydrogen-bond acceptors (Lipinski definition) is 7. The summed E-state index contributed by atoms with van der Waals surface area (Å²) in [5.74, 6) is 0.865. The first kappa shape index (κ1) is 18.7. The van der Waals surface area contributed by atoms with Crippen molar-refractivity contribution in [2.45, 2.75) is 19.0 Å². The van der Waals surface area contributed by atoms with Crippen LogP contribution in [-0.4, -0.2) is 44.5 Å². The predicted octanol–water partition coefficient (Wildman–Crippen LogP) is 3.30. The number of rotatable bonds is 8. The predicted molar refractivity (Wildman–Crippen MR) is 101 cm³/mol. The molecule has 0 spiro atoms. The van der Waals surface area contributed by atoms with E-state index in [4.69, 9.17) is 14.3 Å². The molecule has 3 aromatic rings. The molecule has 0 fully saturated rings. The third-order valence-electron chi connectivity index (χ3n) is 3.55. The van der Waals surface area contributed by atoms with Crippen LogP contribution in [0.1, 0.15) is 18.2 Å². The molecule has 9 heteroatoms. The van der Waals surface area contributed by atoms with Gasteiger partial charge >= 0.3 is 5.97 Å². The molecule has 0 amide bonds. The van der Waals surface area contributed by atoms with Crippen molar-refractivity contribution in [3.05, 3.63) is 47.9 Å². The summed E-state index contributed by atoms with van der Waals surface area (Å²) in [5, 5.41) is 22.0. The van der Waals surface area contributed by atoms with Crippen LogP contribution in [-0.2, 0) is 4.79 Å². The highest BCUT2D eigenvalue weighted by Gasteiger charge is 2.18. The van der Waals surface area contributed by atoms with E-state index < -0.39 is 5.97 Å². The minimum absolute atomic E-state index is 0.138. The molecule has 140 valence electrons. The number of aryl methyl sites for hydroxylation is 1. The van der Waals surface area contributed by atoms with Gasteiger partial charge in [-0.2, -0.15) is 9.78 Å². The molecule has 0 aliphatic rings. The fourth-order valence-corrected chi connectivity index (χ4v) is 2.92. The van der Waals surface area contributed by atoms with Crippen LogP contribution in [0.5, 0.6) is 5.75 Å². The number of hydrogen-bond donors (Lipinski definition) is 1. The molecule has 0 saturated heterocycles. The summed E-state index contributed by atoms with van der Waals surface area (Å²) in [6, 6.07) is 9.25. The molecular formula is C18H18N4O4S. The lowest BCUT2D eigenvalue weighted by atomic mass is 10.2. The molecule has 2 aromatic heterocycles. The van der Waals surface area contributed by atoms with E-state index in [0.717, 1.165) is 28.6 Å². The van der Waals surface area contributed by atoms with Crippen LogP contribution in [0, 0.1) is 6.92 Å². The van der Waals surface area contributed by atoms with Crippen LogP contribution < -0.4 is 4.74 Å². The fraction of sp³-hybridized carbons (Fsp3) is 0.222. The zero-order valence-electron chi connectivity index (χ0n) is 14.8. The number of nitrogens with zero attached hydrogens (tertiary/aromatic N) is 4. The molecule has 0 radical (unpaired) electrons. The van der Waals surface area contributed by atoms with Gasteiger partial charge in [-0.25, -0.2) is 0 Å². The molecule has 0 aliphatic heterocycles. The van der Waals surface area contributed by atoms with E-state index in [-0.39, 0.29) is 5.75 Å². The van der Waals surface area contributed by atoms with Crippen molar-refractivity contribution in [1.29, 1.82) is 0 Å². The van der Waals surface area contributed by atoms with Crippen molar-refractivity contribution in [2.24, 2.45) is 5.10 Å². The van der Waals surface area contributed by atoms with Crippen LogP contribution in [0.4, 0.5) is 0 Å². The van der Waals surface area contributed by atoms with E-state index in [1.807, 2.05) is 38.1 Å².